The van der Waals surface area contributed by atoms with Gasteiger partial charge in [-0.3, -0.25) is 0 Å². The van der Waals surface area contributed by atoms with E-state index in [0.29, 0.717) is 11.8 Å². The van der Waals surface area contributed by atoms with Crippen molar-refractivity contribution in [3.05, 3.63) is 282 Å². The first-order valence-corrected chi connectivity index (χ1v) is 27.9. The van der Waals surface area contributed by atoms with Crippen LogP contribution in [0.5, 0.6) is 0 Å². The fraction of sp³-hybridized carbons (Fsp3) is 0.147. The molecule has 0 aromatic heterocycles. The van der Waals surface area contributed by atoms with Gasteiger partial charge < -0.3 is 4.90 Å². The zero-order valence-electron chi connectivity index (χ0n) is 42.5. The maximum absolute atomic E-state index is 2.68. The summed E-state index contributed by atoms with van der Waals surface area (Å²) in [4.78, 5) is 2.68. The lowest BCUT2D eigenvalue weighted by Crippen LogP contribution is -2.55. The maximum atomic E-state index is 2.68. The second kappa shape index (κ2) is 16.0. The first-order chi connectivity index (χ1) is 37.7. The zero-order valence-corrected chi connectivity index (χ0v) is 42.5. The van der Waals surface area contributed by atoms with E-state index < -0.39 is 5.41 Å². The monoisotopic (exact) mass is 969 g/mol. The van der Waals surface area contributed by atoms with E-state index in [2.05, 4.69) is 254 Å². The van der Waals surface area contributed by atoms with E-state index in [9.17, 15) is 0 Å². The molecular weight excluding hydrogens is 915 g/mol. The van der Waals surface area contributed by atoms with Gasteiger partial charge in [0, 0.05) is 22.2 Å². The molecule has 11 aromatic carbocycles. The van der Waals surface area contributed by atoms with Gasteiger partial charge in [-0.2, -0.15) is 0 Å². The van der Waals surface area contributed by atoms with Crippen LogP contribution in [0.25, 0.3) is 77.5 Å². The van der Waals surface area contributed by atoms with Crippen molar-refractivity contribution in [3.8, 4) is 66.8 Å². The van der Waals surface area contributed by atoms with E-state index in [4.69, 9.17) is 0 Å². The third-order valence-electron chi connectivity index (χ3n) is 19.7. The summed E-state index contributed by atoms with van der Waals surface area (Å²) < 4.78 is 0. The van der Waals surface area contributed by atoms with Crippen LogP contribution in [0.2, 0.25) is 0 Å². The van der Waals surface area contributed by atoms with Gasteiger partial charge in [0.1, 0.15) is 0 Å². The molecule has 76 heavy (non-hydrogen) atoms. The van der Waals surface area contributed by atoms with Gasteiger partial charge in [-0.05, 0) is 186 Å². The largest absolute Gasteiger partial charge is 0.309 e. The lowest BCUT2D eigenvalue weighted by Gasteiger charge is -2.61. The molecule has 4 bridgehead atoms. The van der Waals surface area contributed by atoms with Crippen molar-refractivity contribution >= 4 is 27.8 Å². The molecular formula is C75H55N. The minimum Gasteiger partial charge on any atom is -0.309 e. The summed E-state index contributed by atoms with van der Waals surface area (Å²) >= 11 is 0. The normalized spacial score (nSPS) is 22.3. The van der Waals surface area contributed by atoms with Crippen molar-refractivity contribution in [1.29, 1.82) is 0 Å². The molecule has 0 N–H and O–H groups in total. The van der Waals surface area contributed by atoms with Crippen LogP contribution in [-0.4, -0.2) is 0 Å². The smallest absolute Gasteiger partial charge is 0.0726 e. The molecule has 4 fully saturated rings. The molecule has 1 nitrogen and oxygen atoms in total. The van der Waals surface area contributed by atoms with Crippen molar-refractivity contribution in [2.75, 3.05) is 4.90 Å². The Morgan fingerprint density at radius 1 is 0.303 bits per heavy atom. The molecule has 360 valence electrons. The first kappa shape index (κ1) is 42.8. The zero-order chi connectivity index (χ0) is 49.7. The molecule has 1 heteroatoms. The summed E-state index contributed by atoms with van der Waals surface area (Å²) in [6.07, 6.45) is 6.88. The van der Waals surface area contributed by atoms with Gasteiger partial charge in [-0.1, -0.05) is 218 Å². The maximum Gasteiger partial charge on any atom is 0.0726 e. The average molecular weight is 970 g/mol. The van der Waals surface area contributed by atoms with E-state index in [1.54, 1.807) is 11.1 Å². The van der Waals surface area contributed by atoms with E-state index in [-0.39, 0.29) is 5.41 Å². The third-order valence-corrected chi connectivity index (χ3v) is 19.7. The highest BCUT2D eigenvalue weighted by atomic mass is 15.1. The Kier molecular flexibility index (Phi) is 9.01. The second-order valence-corrected chi connectivity index (χ2v) is 23.0. The van der Waals surface area contributed by atoms with Gasteiger partial charge in [0.2, 0.25) is 0 Å². The summed E-state index contributed by atoms with van der Waals surface area (Å²) in [5, 5.41) is 2.54. The molecule has 7 aliphatic carbocycles. The SMILES string of the molecule is c1ccc(-c2cccc(-c3ccc(N(c4cccc5c4-c4ccccc4C54c5ccccc5-c5c(-c6cccc7ccccc67)cccc54)c4cccc5c4-c4ccccc4C54C5CC6CC(C5)CC4C6)cc3)c2)cc1. The number of benzene rings is 11. The molecule has 0 aliphatic heterocycles. The number of anilines is 3. The highest BCUT2D eigenvalue weighted by Gasteiger charge is 2.62. The van der Waals surface area contributed by atoms with E-state index >= 15 is 0 Å². The van der Waals surface area contributed by atoms with Gasteiger partial charge in [-0.25, -0.2) is 0 Å². The quantitative estimate of drug-likeness (QED) is 0.160. The van der Waals surface area contributed by atoms with Crippen molar-refractivity contribution in [1.82, 2.24) is 0 Å². The molecule has 0 heterocycles. The molecule has 1 atom stereocenters. The van der Waals surface area contributed by atoms with Crippen LogP contribution < -0.4 is 4.90 Å². The number of nitrogens with zero attached hydrogens (tertiary/aromatic N) is 1. The van der Waals surface area contributed by atoms with E-state index in [1.165, 1.54) is 143 Å². The summed E-state index contributed by atoms with van der Waals surface area (Å²) in [7, 11) is 0. The first-order valence-electron chi connectivity index (χ1n) is 27.9. The Hall–Kier alpha value is -8.52. The Bertz CT molecular complexity index is 4160. The van der Waals surface area contributed by atoms with Crippen molar-refractivity contribution in [2.24, 2.45) is 23.7 Å². The van der Waals surface area contributed by atoms with Crippen molar-refractivity contribution < 1.29 is 0 Å². The van der Waals surface area contributed by atoms with E-state index in [0.717, 1.165) is 17.5 Å². The Balaban J connectivity index is 0.917. The predicted octanol–water partition coefficient (Wildman–Crippen LogP) is 19.4. The van der Waals surface area contributed by atoms with Crippen LogP contribution in [-0.2, 0) is 10.8 Å². The highest BCUT2D eigenvalue weighted by Crippen LogP contribution is 2.71. The van der Waals surface area contributed by atoms with Crippen molar-refractivity contribution in [3.63, 3.8) is 0 Å². The van der Waals surface area contributed by atoms with Crippen LogP contribution in [0.3, 0.4) is 0 Å². The van der Waals surface area contributed by atoms with E-state index in [1.807, 2.05) is 0 Å². The molecule has 7 aliphatic rings. The standard InChI is InChI=1S/C75H55N/c1-2-17-49(18-3-1)52-21-12-22-53(46-52)50-37-39-56(40-38-50)76(69-35-15-33-67-72(69)61-25-7-9-29-63(61)74(67)54-42-47-41-48(44-54)45-55(74)43-47)70-36-16-34-68-73(70)62-26-8-11-31-65(62)75(68)64-30-10-6-24-60(64)71-59(28-14-32-66(71)75)58-27-13-20-51-19-4-5-23-57(51)58/h1-40,46-48,54-55H,41-45H2. The fourth-order valence-electron chi connectivity index (χ4n) is 17.2. The Labute approximate surface area is 445 Å². The number of fused-ring (bicyclic) bond motifs is 14. The fourth-order valence-corrected chi connectivity index (χ4v) is 17.2. The topological polar surface area (TPSA) is 3.24 Å². The second-order valence-electron chi connectivity index (χ2n) is 23.0. The molecule has 1 unspecified atom stereocenters. The lowest BCUT2D eigenvalue weighted by atomic mass is 9.43. The molecule has 2 spiro atoms. The Morgan fingerprint density at radius 3 is 1.45 bits per heavy atom. The minimum atomic E-state index is -0.538. The minimum absolute atomic E-state index is 0.0446. The predicted molar refractivity (Wildman–Crippen MR) is 314 cm³/mol. The lowest BCUT2D eigenvalue weighted by molar-refractivity contribution is -0.0399. The number of hydrogen-bond donors (Lipinski definition) is 0. The van der Waals surface area contributed by atoms with Gasteiger partial charge in [0.05, 0.1) is 16.8 Å². The highest BCUT2D eigenvalue weighted by molar-refractivity contribution is 6.08. The van der Waals surface area contributed by atoms with Gasteiger partial charge in [-0.15, -0.1) is 0 Å². The molecule has 0 saturated heterocycles. The molecule has 11 aromatic rings. The van der Waals surface area contributed by atoms with Gasteiger partial charge >= 0.3 is 0 Å². The van der Waals surface area contributed by atoms with Crippen LogP contribution in [0.4, 0.5) is 17.1 Å². The summed E-state index contributed by atoms with van der Waals surface area (Å²) in [6, 6.07) is 95.2. The molecule has 0 radical (unpaired) electrons. The van der Waals surface area contributed by atoms with Gasteiger partial charge in [0.25, 0.3) is 0 Å². The van der Waals surface area contributed by atoms with Crippen LogP contribution in [0, 0.1) is 23.7 Å². The number of rotatable bonds is 6. The average Bonchev–Trinajstić information content (AvgIpc) is 4.18. The molecule has 0 amide bonds. The van der Waals surface area contributed by atoms with Crippen LogP contribution in [0.15, 0.2) is 249 Å². The summed E-state index contributed by atoms with van der Waals surface area (Å²) in [5.74, 6) is 3.11. The van der Waals surface area contributed by atoms with Crippen LogP contribution >= 0.6 is 0 Å². The number of hydrogen-bond acceptors (Lipinski definition) is 1. The van der Waals surface area contributed by atoms with Gasteiger partial charge in [0.15, 0.2) is 0 Å². The Morgan fingerprint density at radius 2 is 0.750 bits per heavy atom. The summed E-state index contributed by atoms with van der Waals surface area (Å²) in [5.41, 5.74) is 27.3. The molecule has 4 saturated carbocycles. The van der Waals surface area contributed by atoms with Crippen LogP contribution in [0.1, 0.15) is 65.5 Å². The molecule has 18 rings (SSSR count). The summed E-state index contributed by atoms with van der Waals surface area (Å²) in [6.45, 7) is 0. The third kappa shape index (κ3) is 5.65. The van der Waals surface area contributed by atoms with Crippen molar-refractivity contribution in [2.45, 2.75) is 42.9 Å².